The second kappa shape index (κ2) is 62.5. The van der Waals surface area contributed by atoms with Crippen LogP contribution in [0.1, 0.15) is 284 Å². The molecule has 0 radical (unpaired) electrons. The van der Waals surface area contributed by atoms with Gasteiger partial charge in [0.2, 0.25) is 5.91 Å². The molecule has 482 valence electrons. The lowest BCUT2D eigenvalue weighted by atomic mass is 10.0. The Morgan fingerprint density at radius 1 is 0.429 bits per heavy atom. The molecule has 0 aromatic carbocycles. The number of carbonyl (C=O) groups is 2. The van der Waals surface area contributed by atoms with Gasteiger partial charge >= 0.3 is 5.97 Å². The minimum Gasteiger partial charge on any atom is -0.756 e. The Hall–Kier alpha value is -3.59. The molecule has 10 heteroatoms. The van der Waals surface area contributed by atoms with E-state index in [0.29, 0.717) is 23.9 Å². The number of nitrogens with one attached hydrogen (secondary N) is 1. The largest absolute Gasteiger partial charge is 0.756 e. The summed E-state index contributed by atoms with van der Waals surface area (Å²) in [5, 5.41) is 3.03. The van der Waals surface area contributed by atoms with E-state index in [1.54, 1.807) is 0 Å². The van der Waals surface area contributed by atoms with E-state index in [9.17, 15) is 19.0 Å². The summed E-state index contributed by atoms with van der Waals surface area (Å²) in [6.45, 7) is 6.68. The lowest BCUT2D eigenvalue weighted by Crippen LogP contribution is -2.47. The van der Waals surface area contributed by atoms with Gasteiger partial charge in [-0.1, -0.05) is 271 Å². The average molecular weight is 1190 g/mol. The van der Waals surface area contributed by atoms with Crippen molar-refractivity contribution in [3.63, 3.8) is 0 Å². The van der Waals surface area contributed by atoms with Crippen molar-refractivity contribution in [3.8, 4) is 0 Å². The first kappa shape index (κ1) is 80.4. The first-order chi connectivity index (χ1) is 40.9. The first-order valence-corrected chi connectivity index (χ1v) is 35.8. The Morgan fingerprint density at radius 3 is 1.17 bits per heavy atom. The molecule has 0 saturated carbocycles. The molecule has 0 aromatic rings. The molecule has 0 heterocycles. The van der Waals surface area contributed by atoms with Crippen molar-refractivity contribution in [2.24, 2.45) is 0 Å². The number of hydrogen-bond donors (Lipinski definition) is 1. The van der Waals surface area contributed by atoms with Crippen molar-refractivity contribution >= 4 is 19.7 Å². The topological polar surface area (TPSA) is 114 Å². The summed E-state index contributed by atoms with van der Waals surface area (Å²) in [7, 11) is 1.15. The van der Waals surface area contributed by atoms with Crippen LogP contribution in [0.4, 0.5) is 0 Å². The number of carbonyl (C=O) groups excluding carboxylic acids is 2. The Bertz CT molecular complexity index is 1850. The third kappa shape index (κ3) is 62.9. The van der Waals surface area contributed by atoms with Crippen molar-refractivity contribution in [2.45, 2.75) is 296 Å². The lowest BCUT2D eigenvalue weighted by Gasteiger charge is -2.30. The molecule has 1 amide bonds. The Kier molecular flexibility index (Phi) is 59.8. The highest BCUT2D eigenvalue weighted by molar-refractivity contribution is 7.45. The van der Waals surface area contributed by atoms with Crippen LogP contribution in [0.5, 0.6) is 0 Å². The highest BCUT2D eigenvalue weighted by Crippen LogP contribution is 2.38. The molecule has 0 aliphatic rings. The van der Waals surface area contributed by atoms with Gasteiger partial charge in [0.15, 0.2) is 0 Å². The highest BCUT2D eigenvalue weighted by Gasteiger charge is 2.27. The molecule has 9 nitrogen and oxygen atoms in total. The second-order valence-electron chi connectivity index (χ2n) is 23.9. The summed E-state index contributed by atoms with van der Waals surface area (Å²) in [6, 6.07) is -0.909. The smallest absolute Gasteiger partial charge is 0.306 e. The standard InChI is InChI=1S/C74H129N2O7P/c1-7-10-13-16-19-22-25-28-30-32-34-36-37-38-39-41-42-44-46-48-51-54-57-60-63-66-73(77)75-71(70-82-84(79,80)81-69-68-76(4,5)6)72(65-62-59-56-53-50-27-24-21-18-15-12-9-3)83-74(78)67-64-61-58-55-52-49-47-45-43-40-35-33-31-29-26-23-20-17-14-11-8-2/h11,14,19-20,22-23,28-31,34-36,38-40,45,47,62,65,71-72H,7-10,12-13,15-18,21,24-27,32-33,37,41-44,46,48-61,63-64,66-70H2,1-6H3,(H-,75,77,79,80)/b14-11-,22-19-,23-20-,30-28-,31-29-,36-34-,39-38-,40-35-,47-45-,65-62-. The Morgan fingerprint density at radius 2 is 0.762 bits per heavy atom. The summed E-state index contributed by atoms with van der Waals surface area (Å²) in [5.74, 6) is -0.573. The zero-order valence-corrected chi connectivity index (χ0v) is 56.0. The fourth-order valence-electron chi connectivity index (χ4n) is 9.36. The molecule has 0 rings (SSSR count). The van der Waals surface area contributed by atoms with Crippen molar-refractivity contribution in [1.29, 1.82) is 0 Å². The number of allylic oxidation sites excluding steroid dienone is 19. The van der Waals surface area contributed by atoms with E-state index in [2.05, 4.69) is 135 Å². The predicted molar refractivity (Wildman–Crippen MR) is 362 cm³/mol. The predicted octanol–water partition coefficient (Wildman–Crippen LogP) is 21.2. The summed E-state index contributed by atoms with van der Waals surface area (Å²) < 4.78 is 30.4. The average Bonchev–Trinajstić information content (AvgIpc) is 3.65. The van der Waals surface area contributed by atoms with Gasteiger partial charge in [0.25, 0.3) is 7.82 Å². The molecule has 1 N–H and O–H groups in total. The van der Waals surface area contributed by atoms with E-state index in [4.69, 9.17) is 13.8 Å². The number of phosphoric acid groups is 1. The van der Waals surface area contributed by atoms with E-state index in [1.165, 1.54) is 109 Å². The molecule has 0 aromatic heterocycles. The zero-order valence-electron chi connectivity index (χ0n) is 55.1. The van der Waals surface area contributed by atoms with Gasteiger partial charge in [-0.3, -0.25) is 14.2 Å². The number of likely N-dealkylation sites (N-methyl/N-ethyl adjacent to an activating group) is 1. The second-order valence-corrected chi connectivity index (χ2v) is 25.4. The lowest BCUT2D eigenvalue weighted by molar-refractivity contribution is -0.870. The Balaban J connectivity index is 5.18. The van der Waals surface area contributed by atoms with Crippen LogP contribution < -0.4 is 10.2 Å². The summed E-state index contributed by atoms with van der Waals surface area (Å²) in [6.07, 6.45) is 87.4. The van der Waals surface area contributed by atoms with E-state index >= 15 is 0 Å². The molecule has 0 saturated heterocycles. The highest BCUT2D eigenvalue weighted by atomic mass is 31.2. The number of unbranched alkanes of at least 4 members (excludes halogenated alkanes) is 27. The Labute approximate surface area is 518 Å². The molecule has 0 aliphatic heterocycles. The van der Waals surface area contributed by atoms with Crippen LogP contribution in [0.25, 0.3) is 0 Å². The van der Waals surface area contributed by atoms with Crippen LogP contribution >= 0.6 is 7.82 Å². The van der Waals surface area contributed by atoms with Crippen molar-refractivity contribution in [2.75, 3.05) is 40.9 Å². The molecule has 3 unspecified atom stereocenters. The number of nitrogens with zero attached hydrogens (tertiary/aromatic N) is 1. The van der Waals surface area contributed by atoms with Crippen LogP contribution in [0.2, 0.25) is 0 Å². The maximum atomic E-state index is 13.6. The maximum Gasteiger partial charge on any atom is 0.306 e. The van der Waals surface area contributed by atoms with E-state index in [0.717, 1.165) is 135 Å². The molecule has 3 atom stereocenters. The van der Waals surface area contributed by atoms with Crippen LogP contribution in [-0.2, 0) is 27.9 Å². The summed E-state index contributed by atoms with van der Waals surface area (Å²) in [4.78, 5) is 40.2. The fraction of sp³-hybridized carbons (Fsp3) is 0.703. The number of esters is 1. The minimum atomic E-state index is -4.72. The first-order valence-electron chi connectivity index (χ1n) is 34.3. The van der Waals surface area contributed by atoms with Gasteiger partial charge in [-0.15, -0.1) is 0 Å². The quantitative estimate of drug-likeness (QED) is 0.0212. The third-order valence-electron chi connectivity index (χ3n) is 14.6. The normalized spacial score (nSPS) is 14.3. The number of phosphoric ester groups is 1. The van der Waals surface area contributed by atoms with Crippen LogP contribution in [0.3, 0.4) is 0 Å². The van der Waals surface area contributed by atoms with Gasteiger partial charge in [0, 0.05) is 12.8 Å². The van der Waals surface area contributed by atoms with Gasteiger partial charge in [-0.25, -0.2) is 0 Å². The van der Waals surface area contributed by atoms with Crippen LogP contribution in [-0.4, -0.2) is 69.4 Å². The third-order valence-corrected chi connectivity index (χ3v) is 15.6. The van der Waals surface area contributed by atoms with Crippen molar-refractivity contribution in [1.82, 2.24) is 5.32 Å². The van der Waals surface area contributed by atoms with Gasteiger partial charge in [-0.2, -0.15) is 0 Å². The molecule has 0 fully saturated rings. The van der Waals surface area contributed by atoms with Gasteiger partial charge in [0.05, 0.1) is 33.8 Å². The van der Waals surface area contributed by atoms with Crippen molar-refractivity contribution in [3.05, 3.63) is 122 Å². The molecule has 0 aliphatic carbocycles. The van der Waals surface area contributed by atoms with Crippen LogP contribution in [0.15, 0.2) is 122 Å². The molecular weight excluding hydrogens is 1060 g/mol. The number of hydrogen-bond acceptors (Lipinski definition) is 7. The monoisotopic (exact) mass is 1190 g/mol. The van der Waals surface area contributed by atoms with Gasteiger partial charge in [0.1, 0.15) is 19.3 Å². The number of ether oxygens (including phenoxy) is 1. The maximum absolute atomic E-state index is 13.6. The summed E-state index contributed by atoms with van der Waals surface area (Å²) >= 11 is 0. The van der Waals surface area contributed by atoms with E-state index in [1.807, 2.05) is 33.3 Å². The van der Waals surface area contributed by atoms with Gasteiger partial charge < -0.3 is 28.5 Å². The van der Waals surface area contributed by atoms with Crippen LogP contribution in [0, 0.1) is 0 Å². The molecule has 0 bridgehead atoms. The van der Waals surface area contributed by atoms with E-state index < -0.39 is 26.6 Å². The minimum absolute atomic E-state index is 0.0331. The van der Waals surface area contributed by atoms with Crippen molar-refractivity contribution < 1.29 is 37.3 Å². The zero-order chi connectivity index (χ0) is 61.4. The fourth-order valence-corrected chi connectivity index (χ4v) is 10.1. The molecule has 0 spiro atoms. The summed E-state index contributed by atoms with van der Waals surface area (Å²) in [5.41, 5.74) is 0. The number of amides is 1. The molecule has 84 heavy (non-hydrogen) atoms. The van der Waals surface area contributed by atoms with E-state index in [-0.39, 0.29) is 24.9 Å². The molecular formula is C74H129N2O7P. The number of rotatable bonds is 61. The SMILES string of the molecule is CC/C=C\C/C=C\C/C=C\C/C=C\C/C=C\CCCCCCCC(=O)OC(/C=C\CCCCCCCCCCCC)C(COP(=O)([O-])OCC[N+](C)(C)C)NC(=O)CCCCCCCCCCC/C=C\C/C=C\C/C=C\C/C=C\CCCCC. The van der Waals surface area contributed by atoms with Gasteiger partial charge in [-0.05, 0) is 122 Å². The number of quaternary nitrogens is 1.